The van der Waals surface area contributed by atoms with E-state index in [2.05, 4.69) is 5.16 Å². The Morgan fingerprint density at radius 2 is 1.94 bits per heavy atom. The fourth-order valence-electron chi connectivity index (χ4n) is 1.39. The molecule has 0 saturated heterocycles. The lowest BCUT2D eigenvalue weighted by Crippen LogP contribution is -1.95. The smallest absolute Gasteiger partial charge is 0.145 e. The maximum Gasteiger partial charge on any atom is 0.145 e. The van der Waals surface area contributed by atoms with Crippen LogP contribution in [0, 0.1) is 0 Å². The van der Waals surface area contributed by atoms with Crippen LogP contribution in [0.15, 0.2) is 40.9 Å². The van der Waals surface area contributed by atoms with E-state index in [1.54, 1.807) is 29.5 Å². The SMILES string of the molecule is C/C(=N\OCc1c(Cl)cccc1Cl)c1cccs1. The summed E-state index contributed by atoms with van der Waals surface area (Å²) in [6.07, 6.45) is 0. The summed E-state index contributed by atoms with van der Waals surface area (Å²) in [7, 11) is 0. The molecule has 0 unspecified atom stereocenters. The van der Waals surface area contributed by atoms with Gasteiger partial charge in [0.2, 0.25) is 0 Å². The van der Waals surface area contributed by atoms with Crippen molar-refractivity contribution in [2.75, 3.05) is 0 Å². The van der Waals surface area contributed by atoms with Gasteiger partial charge in [0.1, 0.15) is 6.61 Å². The molecule has 0 amide bonds. The maximum absolute atomic E-state index is 6.03. The van der Waals surface area contributed by atoms with E-state index in [0.29, 0.717) is 10.0 Å². The first-order valence-electron chi connectivity index (χ1n) is 5.32. The zero-order valence-electron chi connectivity index (χ0n) is 9.69. The van der Waals surface area contributed by atoms with Gasteiger partial charge >= 0.3 is 0 Å². The van der Waals surface area contributed by atoms with Crippen LogP contribution in [0.25, 0.3) is 0 Å². The fraction of sp³-hybridized carbons (Fsp3) is 0.154. The van der Waals surface area contributed by atoms with Gasteiger partial charge in [-0.1, -0.05) is 40.5 Å². The molecular formula is C13H11Cl2NOS. The van der Waals surface area contributed by atoms with Gasteiger partial charge in [-0.05, 0) is 30.5 Å². The molecule has 0 aliphatic heterocycles. The number of oxime groups is 1. The molecule has 0 radical (unpaired) electrons. The normalized spacial score (nSPS) is 11.6. The third-order valence-corrected chi connectivity index (χ3v) is 4.04. The summed E-state index contributed by atoms with van der Waals surface area (Å²) >= 11 is 13.7. The summed E-state index contributed by atoms with van der Waals surface area (Å²) in [6, 6.07) is 9.33. The zero-order valence-corrected chi connectivity index (χ0v) is 12.0. The first-order valence-corrected chi connectivity index (χ1v) is 6.95. The molecule has 5 heteroatoms. The van der Waals surface area contributed by atoms with Crippen LogP contribution in [0.5, 0.6) is 0 Å². The Kier molecular flexibility index (Phi) is 4.64. The van der Waals surface area contributed by atoms with Gasteiger partial charge in [-0.3, -0.25) is 0 Å². The van der Waals surface area contributed by atoms with Crippen molar-refractivity contribution in [1.82, 2.24) is 0 Å². The van der Waals surface area contributed by atoms with Crippen molar-refractivity contribution in [2.24, 2.45) is 5.16 Å². The van der Waals surface area contributed by atoms with Gasteiger partial charge in [-0.15, -0.1) is 11.3 Å². The largest absolute Gasteiger partial charge is 0.391 e. The van der Waals surface area contributed by atoms with E-state index in [9.17, 15) is 0 Å². The average Bonchev–Trinajstić information content (AvgIpc) is 2.86. The fourth-order valence-corrected chi connectivity index (χ4v) is 2.57. The minimum absolute atomic E-state index is 0.265. The highest BCUT2D eigenvalue weighted by Crippen LogP contribution is 2.25. The van der Waals surface area contributed by atoms with E-state index in [-0.39, 0.29) is 6.61 Å². The number of halogens is 2. The molecule has 0 fully saturated rings. The van der Waals surface area contributed by atoms with Gasteiger partial charge in [-0.25, -0.2) is 0 Å². The number of rotatable bonds is 4. The number of thiophene rings is 1. The summed E-state index contributed by atoms with van der Waals surface area (Å²) in [4.78, 5) is 6.38. The number of benzene rings is 1. The molecular weight excluding hydrogens is 289 g/mol. The lowest BCUT2D eigenvalue weighted by molar-refractivity contribution is 0.130. The molecule has 2 nitrogen and oxygen atoms in total. The molecule has 2 rings (SSSR count). The van der Waals surface area contributed by atoms with E-state index in [1.165, 1.54) is 0 Å². The Balaban J connectivity index is 2.02. The zero-order chi connectivity index (χ0) is 13.0. The van der Waals surface area contributed by atoms with Gasteiger partial charge in [0, 0.05) is 15.6 Å². The second-order valence-corrected chi connectivity index (χ2v) is 5.39. The maximum atomic E-state index is 6.03. The van der Waals surface area contributed by atoms with Crippen LogP contribution in [0.3, 0.4) is 0 Å². The molecule has 0 N–H and O–H groups in total. The number of nitrogens with zero attached hydrogens (tertiary/aromatic N) is 1. The quantitative estimate of drug-likeness (QED) is 0.575. The highest BCUT2D eigenvalue weighted by Gasteiger charge is 2.06. The molecule has 1 aromatic carbocycles. The molecule has 0 atom stereocenters. The summed E-state index contributed by atoms with van der Waals surface area (Å²) < 4.78 is 0. The summed E-state index contributed by atoms with van der Waals surface area (Å²) in [5, 5.41) is 7.23. The first kappa shape index (κ1) is 13.4. The van der Waals surface area contributed by atoms with Crippen molar-refractivity contribution >= 4 is 40.3 Å². The second-order valence-electron chi connectivity index (χ2n) is 3.63. The Bertz CT molecular complexity index is 532. The average molecular weight is 300 g/mol. The standard InChI is InChI=1S/C13H11Cl2NOS/c1-9(13-6-3-7-18-13)16-17-8-10-11(14)4-2-5-12(10)15/h2-7H,8H2,1H3/b16-9+. The molecule has 0 saturated carbocycles. The Morgan fingerprint density at radius 3 is 2.56 bits per heavy atom. The second kappa shape index (κ2) is 6.23. The predicted molar refractivity (Wildman–Crippen MR) is 77.8 cm³/mol. The molecule has 18 heavy (non-hydrogen) atoms. The van der Waals surface area contributed by atoms with E-state index in [4.69, 9.17) is 28.0 Å². The molecule has 1 heterocycles. The number of hydrogen-bond donors (Lipinski definition) is 0. The van der Waals surface area contributed by atoms with Crippen LogP contribution < -0.4 is 0 Å². The lowest BCUT2D eigenvalue weighted by Gasteiger charge is -2.05. The summed E-state index contributed by atoms with van der Waals surface area (Å²) in [5.41, 5.74) is 1.59. The predicted octanol–water partition coefficient (Wildman–Crippen LogP) is 5.00. The van der Waals surface area contributed by atoms with Crippen LogP contribution in [-0.4, -0.2) is 5.71 Å². The minimum atomic E-state index is 0.265. The molecule has 0 bridgehead atoms. The highest BCUT2D eigenvalue weighted by molar-refractivity contribution is 7.12. The first-order chi connectivity index (χ1) is 8.68. The van der Waals surface area contributed by atoms with Gasteiger partial charge < -0.3 is 4.84 Å². The van der Waals surface area contributed by atoms with Crippen LogP contribution in [0.4, 0.5) is 0 Å². The monoisotopic (exact) mass is 299 g/mol. The van der Waals surface area contributed by atoms with Crippen LogP contribution in [0.2, 0.25) is 10.0 Å². The number of hydrogen-bond acceptors (Lipinski definition) is 3. The molecule has 2 aromatic rings. The van der Waals surface area contributed by atoms with Crippen molar-refractivity contribution < 1.29 is 4.84 Å². The third-order valence-electron chi connectivity index (χ3n) is 2.35. The Morgan fingerprint density at radius 1 is 1.22 bits per heavy atom. The lowest BCUT2D eigenvalue weighted by atomic mass is 10.2. The molecule has 0 aliphatic rings. The van der Waals surface area contributed by atoms with Crippen molar-refractivity contribution in [3.05, 3.63) is 56.2 Å². The van der Waals surface area contributed by atoms with Crippen molar-refractivity contribution in [3.63, 3.8) is 0 Å². The van der Waals surface area contributed by atoms with E-state index in [0.717, 1.165) is 16.2 Å². The topological polar surface area (TPSA) is 21.6 Å². The third kappa shape index (κ3) is 3.25. The van der Waals surface area contributed by atoms with Crippen LogP contribution in [0.1, 0.15) is 17.4 Å². The van der Waals surface area contributed by atoms with Crippen molar-refractivity contribution in [2.45, 2.75) is 13.5 Å². The molecule has 94 valence electrons. The minimum Gasteiger partial charge on any atom is -0.391 e. The summed E-state index contributed by atoms with van der Waals surface area (Å²) in [6.45, 7) is 2.17. The molecule has 0 spiro atoms. The van der Waals surface area contributed by atoms with E-state index in [1.807, 2.05) is 24.4 Å². The van der Waals surface area contributed by atoms with Crippen LogP contribution in [-0.2, 0) is 11.4 Å². The van der Waals surface area contributed by atoms with E-state index < -0.39 is 0 Å². The van der Waals surface area contributed by atoms with Gasteiger partial charge in [-0.2, -0.15) is 0 Å². The molecule has 0 aliphatic carbocycles. The molecule has 1 aromatic heterocycles. The Labute approximate surface area is 120 Å². The Hall–Kier alpha value is -1.03. The van der Waals surface area contributed by atoms with Crippen molar-refractivity contribution in [1.29, 1.82) is 0 Å². The van der Waals surface area contributed by atoms with Crippen LogP contribution >= 0.6 is 34.5 Å². The van der Waals surface area contributed by atoms with E-state index >= 15 is 0 Å². The highest BCUT2D eigenvalue weighted by atomic mass is 35.5. The van der Waals surface area contributed by atoms with Crippen molar-refractivity contribution in [3.8, 4) is 0 Å². The summed E-state index contributed by atoms with van der Waals surface area (Å²) in [5.74, 6) is 0. The van der Waals surface area contributed by atoms with Gasteiger partial charge in [0.15, 0.2) is 0 Å². The van der Waals surface area contributed by atoms with Gasteiger partial charge in [0.25, 0.3) is 0 Å². The van der Waals surface area contributed by atoms with Gasteiger partial charge in [0.05, 0.1) is 10.6 Å².